The van der Waals surface area contributed by atoms with E-state index in [1.165, 1.54) is 12.1 Å². The van der Waals surface area contributed by atoms with E-state index in [1.807, 2.05) is 0 Å². The van der Waals surface area contributed by atoms with Crippen LogP contribution in [0.3, 0.4) is 0 Å². The Morgan fingerprint density at radius 2 is 1.97 bits per heavy atom. The largest absolute Gasteiger partial charge is 0.312 e. The molecule has 2 aliphatic rings. The molecular formula is C20H21N3O5S. The van der Waals surface area contributed by atoms with Crippen LogP contribution < -0.4 is 9.62 Å². The van der Waals surface area contributed by atoms with Crippen molar-refractivity contribution in [2.75, 3.05) is 16.2 Å². The van der Waals surface area contributed by atoms with E-state index in [0.29, 0.717) is 17.8 Å². The molecule has 0 atom stereocenters. The van der Waals surface area contributed by atoms with Gasteiger partial charge in [0.1, 0.15) is 0 Å². The Bertz CT molecular complexity index is 1110. The average molecular weight is 415 g/mol. The summed E-state index contributed by atoms with van der Waals surface area (Å²) < 4.78 is 28.2. The molecule has 2 aromatic rings. The Hall–Kier alpha value is -2.94. The van der Waals surface area contributed by atoms with Crippen LogP contribution in [0.5, 0.6) is 0 Å². The van der Waals surface area contributed by atoms with Crippen LogP contribution in [0.25, 0.3) is 0 Å². The lowest BCUT2D eigenvalue weighted by atomic mass is 10.0. The number of aryl methyl sites for hydroxylation is 2. The maximum absolute atomic E-state index is 12.8. The molecule has 0 spiro atoms. The van der Waals surface area contributed by atoms with E-state index in [1.54, 1.807) is 30.0 Å². The molecule has 0 saturated heterocycles. The zero-order chi connectivity index (χ0) is 20.8. The van der Waals surface area contributed by atoms with E-state index in [9.17, 15) is 23.3 Å². The summed E-state index contributed by atoms with van der Waals surface area (Å²) in [6, 6.07) is 8.89. The van der Waals surface area contributed by atoms with Gasteiger partial charge in [0.05, 0.1) is 9.82 Å². The summed E-state index contributed by atoms with van der Waals surface area (Å²) in [5.74, 6) is 0.266. The molecule has 1 fully saturated rings. The highest BCUT2D eigenvalue weighted by atomic mass is 32.2. The average Bonchev–Trinajstić information content (AvgIpc) is 3.51. The number of benzene rings is 2. The smallest absolute Gasteiger partial charge is 0.270 e. The molecule has 9 heteroatoms. The number of rotatable bonds is 5. The maximum Gasteiger partial charge on any atom is 0.270 e. The van der Waals surface area contributed by atoms with Gasteiger partial charge in [-0.1, -0.05) is 6.07 Å². The van der Waals surface area contributed by atoms with Crippen molar-refractivity contribution < 1.29 is 18.1 Å². The van der Waals surface area contributed by atoms with Crippen molar-refractivity contribution in [1.29, 1.82) is 0 Å². The van der Waals surface area contributed by atoms with Crippen molar-refractivity contribution in [3.63, 3.8) is 0 Å². The summed E-state index contributed by atoms with van der Waals surface area (Å²) in [5, 5.41) is 11.0. The number of non-ortho nitro benzene ring substituents is 1. The highest BCUT2D eigenvalue weighted by Gasteiger charge is 2.35. The molecule has 4 rings (SSSR count). The third-order valence-corrected chi connectivity index (χ3v) is 6.84. The van der Waals surface area contributed by atoms with E-state index in [0.717, 1.165) is 43.0 Å². The normalized spacial score (nSPS) is 16.2. The Kier molecular flexibility index (Phi) is 4.77. The van der Waals surface area contributed by atoms with Gasteiger partial charge in [0.2, 0.25) is 5.91 Å². The third kappa shape index (κ3) is 3.82. The first-order chi connectivity index (χ1) is 13.8. The topological polar surface area (TPSA) is 110 Å². The lowest BCUT2D eigenvalue weighted by Gasteiger charge is -2.30. The molecule has 152 valence electrons. The van der Waals surface area contributed by atoms with Crippen LogP contribution in [0.1, 0.15) is 30.4 Å². The van der Waals surface area contributed by atoms with Crippen LogP contribution in [-0.4, -0.2) is 25.8 Å². The number of sulfonamides is 1. The van der Waals surface area contributed by atoms with Gasteiger partial charge in [0.25, 0.3) is 15.7 Å². The Balaban J connectivity index is 1.62. The molecule has 0 radical (unpaired) electrons. The first kappa shape index (κ1) is 19.4. The highest BCUT2D eigenvalue weighted by Crippen LogP contribution is 2.37. The second-order valence-corrected chi connectivity index (χ2v) is 9.17. The van der Waals surface area contributed by atoms with Crippen LogP contribution >= 0.6 is 0 Å². The second kappa shape index (κ2) is 7.14. The Morgan fingerprint density at radius 3 is 2.66 bits per heavy atom. The van der Waals surface area contributed by atoms with Gasteiger partial charge >= 0.3 is 0 Å². The van der Waals surface area contributed by atoms with Crippen molar-refractivity contribution in [2.24, 2.45) is 5.92 Å². The Morgan fingerprint density at radius 1 is 1.21 bits per heavy atom. The lowest BCUT2D eigenvalue weighted by molar-refractivity contribution is -0.385. The summed E-state index contributed by atoms with van der Waals surface area (Å²) in [6.07, 6.45) is 3.46. The van der Waals surface area contributed by atoms with Crippen LogP contribution in [-0.2, 0) is 21.2 Å². The van der Waals surface area contributed by atoms with E-state index in [2.05, 4.69) is 4.72 Å². The van der Waals surface area contributed by atoms with Crippen molar-refractivity contribution in [3.05, 3.63) is 57.6 Å². The van der Waals surface area contributed by atoms with E-state index >= 15 is 0 Å². The lowest BCUT2D eigenvalue weighted by Crippen LogP contribution is -2.36. The molecule has 2 aromatic carbocycles. The number of fused-ring (bicyclic) bond motifs is 1. The van der Waals surface area contributed by atoms with E-state index in [4.69, 9.17) is 0 Å². The zero-order valence-corrected chi connectivity index (χ0v) is 16.7. The van der Waals surface area contributed by atoms with Gasteiger partial charge in [-0.15, -0.1) is 0 Å². The zero-order valence-electron chi connectivity index (χ0n) is 15.9. The monoisotopic (exact) mass is 415 g/mol. The molecule has 29 heavy (non-hydrogen) atoms. The number of carbonyl (C=O) groups excluding carboxylic acids is 1. The quantitative estimate of drug-likeness (QED) is 0.595. The van der Waals surface area contributed by atoms with Crippen LogP contribution in [0.4, 0.5) is 17.1 Å². The molecule has 0 aromatic heterocycles. The minimum Gasteiger partial charge on any atom is -0.312 e. The first-order valence-corrected chi connectivity index (χ1v) is 11.0. The fourth-order valence-electron chi connectivity index (χ4n) is 3.64. The van der Waals surface area contributed by atoms with Gasteiger partial charge < -0.3 is 4.90 Å². The number of carbonyl (C=O) groups is 1. The molecule has 1 N–H and O–H groups in total. The number of nitrogens with one attached hydrogen (secondary N) is 1. The van der Waals surface area contributed by atoms with E-state index < -0.39 is 14.9 Å². The SMILES string of the molecule is Cc1ccc([N+](=O)[O-])cc1S(=O)(=O)Nc1ccc2c(c1)CCCN2C(=O)C1CC1. The number of hydrogen-bond donors (Lipinski definition) is 1. The second-order valence-electron chi connectivity index (χ2n) is 7.52. The summed E-state index contributed by atoms with van der Waals surface area (Å²) in [4.78, 5) is 24.6. The first-order valence-electron chi connectivity index (χ1n) is 9.48. The molecule has 1 amide bonds. The maximum atomic E-state index is 12.8. The summed E-state index contributed by atoms with van der Waals surface area (Å²) in [7, 11) is -3.99. The number of amides is 1. The minimum absolute atomic E-state index is 0.121. The predicted molar refractivity (Wildman–Crippen MR) is 108 cm³/mol. The molecule has 1 saturated carbocycles. The van der Waals surface area contributed by atoms with Gasteiger partial charge in [-0.05, 0) is 61.9 Å². The van der Waals surface area contributed by atoms with Crippen molar-refractivity contribution in [2.45, 2.75) is 37.5 Å². The van der Waals surface area contributed by atoms with Gasteiger partial charge in [0.15, 0.2) is 0 Å². The van der Waals surface area contributed by atoms with Gasteiger partial charge in [-0.2, -0.15) is 0 Å². The van der Waals surface area contributed by atoms with Gasteiger partial charge in [-0.25, -0.2) is 8.42 Å². The number of nitrogens with zero attached hydrogens (tertiary/aromatic N) is 2. The molecule has 8 nitrogen and oxygen atoms in total. The molecule has 1 aliphatic carbocycles. The van der Waals surface area contributed by atoms with Crippen LogP contribution in [0.15, 0.2) is 41.3 Å². The fraction of sp³-hybridized carbons (Fsp3) is 0.350. The molecular weight excluding hydrogens is 394 g/mol. The molecule has 1 heterocycles. The molecule has 0 unspecified atom stereocenters. The molecule has 0 bridgehead atoms. The number of nitro benzene ring substituents is 1. The number of nitro groups is 1. The standard InChI is InChI=1S/C20H21N3O5S/c1-13-4-8-17(23(25)26)12-19(13)29(27,28)21-16-7-9-18-15(11-16)3-2-10-22(18)20(24)14-5-6-14/h4,7-9,11-12,14,21H,2-3,5-6,10H2,1H3. The van der Waals surface area contributed by atoms with Gasteiger partial charge in [-0.3, -0.25) is 19.6 Å². The fourth-order valence-corrected chi connectivity index (χ4v) is 4.96. The predicted octanol–water partition coefficient (Wildman–Crippen LogP) is 3.39. The third-order valence-electron chi connectivity index (χ3n) is 5.32. The van der Waals surface area contributed by atoms with Crippen molar-refractivity contribution in [3.8, 4) is 0 Å². The molecule has 1 aliphatic heterocycles. The van der Waals surface area contributed by atoms with Crippen molar-refractivity contribution in [1.82, 2.24) is 0 Å². The van der Waals surface area contributed by atoms with E-state index in [-0.39, 0.29) is 22.4 Å². The summed E-state index contributed by atoms with van der Waals surface area (Å²) in [6.45, 7) is 2.27. The van der Waals surface area contributed by atoms with Gasteiger partial charge in [0, 0.05) is 36.0 Å². The highest BCUT2D eigenvalue weighted by molar-refractivity contribution is 7.92. The van der Waals surface area contributed by atoms with Crippen LogP contribution in [0, 0.1) is 23.0 Å². The number of hydrogen-bond acceptors (Lipinski definition) is 5. The summed E-state index contributed by atoms with van der Waals surface area (Å²) in [5.41, 5.74) is 2.26. The van der Waals surface area contributed by atoms with Crippen LogP contribution in [0.2, 0.25) is 0 Å². The summed E-state index contributed by atoms with van der Waals surface area (Å²) >= 11 is 0. The Labute approximate surface area is 168 Å². The minimum atomic E-state index is -3.99. The van der Waals surface area contributed by atoms with Crippen molar-refractivity contribution >= 4 is 33.0 Å². The number of anilines is 2.